The van der Waals surface area contributed by atoms with Crippen LogP contribution < -0.4 is 20.7 Å². The largest absolute Gasteiger partial charge is 0.495 e. The maximum Gasteiger partial charge on any atom is 0.271 e. The van der Waals surface area contributed by atoms with Crippen molar-refractivity contribution in [3.63, 3.8) is 0 Å². The van der Waals surface area contributed by atoms with Crippen LogP contribution in [-0.2, 0) is 9.59 Å². The number of hydrogen-bond acceptors (Lipinski definition) is 6. The molecule has 10 heteroatoms. The van der Waals surface area contributed by atoms with Gasteiger partial charge in [-0.15, -0.1) is 0 Å². The van der Waals surface area contributed by atoms with Gasteiger partial charge in [-0.3, -0.25) is 19.7 Å². The van der Waals surface area contributed by atoms with E-state index in [4.69, 9.17) is 16.3 Å². The summed E-state index contributed by atoms with van der Waals surface area (Å²) in [6, 6.07) is 8.08. The molecule has 2 aromatic rings. The van der Waals surface area contributed by atoms with Crippen LogP contribution in [0.4, 0.5) is 22.7 Å². The number of rotatable bonds is 7. The Labute approximate surface area is 166 Å². The first kappa shape index (κ1) is 21.0. The number of hydrogen-bond donors (Lipinski definition) is 3. The molecule has 0 radical (unpaired) electrons. The Kier molecular flexibility index (Phi) is 6.78. The number of ether oxygens (including phenoxy) is 1. The summed E-state index contributed by atoms with van der Waals surface area (Å²) in [5.41, 5.74) is 1.04. The number of non-ortho nitro benzene ring substituents is 1. The highest BCUT2D eigenvalue weighted by Crippen LogP contribution is 2.29. The highest BCUT2D eigenvalue weighted by Gasteiger charge is 2.18. The molecule has 0 aliphatic rings. The molecule has 2 aromatic carbocycles. The molecule has 0 bridgehead atoms. The second-order valence-corrected chi connectivity index (χ2v) is 6.28. The van der Waals surface area contributed by atoms with Crippen molar-refractivity contribution in [3.8, 4) is 5.75 Å². The molecular formula is C18H19ClN4O5. The lowest BCUT2D eigenvalue weighted by Crippen LogP contribution is -2.32. The lowest BCUT2D eigenvalue weighted by Gasteiger charge is -2.17. The summed E-state index contributed by atoms with van der Waals surface area (Å²) in [5.74, 6) is -0.379. The smallest absolute Gasteiger partial charge is 0.271 e. The molecule has 9 nitrogen and oxygen atoms in total. The van der Waals surface area contributed by atoms with E-state index in [-0.39, 0.29) is 17.3 Å². The van der Waals surface area contributed by atoms with Crippen molar-refractivity contribution in [1.82, 2.24) is 0 Å². The number of carbonyl (C=O) groups is 2. The molecule has 1 unspecified atom stereocenters. The van der Waals surface area contributed by atoms with Crippen LogP contribution in [0.15, 0.2) is 36.4 Å². The third-order valence-electron chi connectivity index (χ3n) is 3.71. The lowest BCUT2D eigenvalue weighted by molar-refractivity contribution is -0.384. The molecule has 0 aliphatic carbocycles. The van der Waals surface area contributed by atoms with Crippen LogP contribution in [0.3, 0.4) is 0 Å². The monoisotopic (exact) mass is 406 g/mol. The number of benzene rings is 2. The van der Waals surface area contributed by atoms with Crippen LogP contribution in [0.2, 0.25) is 5.02 Å². The average Bonchev–Trinajstić information content (AvgIpc) is 2.63. The fraction of sp³-hybridized carbons (Fsp3) is 0.222. The fourth-order valence-electron chi connectivity index (χ4n) is 2.36. The standard InChI is InChI=1S/C18H19ClN4O5/c1-10(20-12-4-6-15(14(19)8-12)21-11(2)24)18(25)22-16-9-13(23(26)27)5-7-17(16)28-3/h4-10,20H,1-3H3,(H,21,24)(H,22,25). The number of nitrogens with one attached hydrogen (secondary N) is 3. The van der Waals surface area contributed by atoms with Crippen molar-refractivity contribution >= 4 is 46.2 Å². The predicted molar refractivity (Wildman–Crippen MR) is 107 cm³/mol. The summed E-state index contributed by atoms with van der Waals surface area (Å²) in [5, 5.41) is 19.4. The van der Waals surface area contributed by atoms with Gasteiger partial charge >= 0.3 is 0 Å². The number of carbonyl (C=O) groups excluding carboxylic acids is 2. The van der Waals surface area contributed by atoms with E-state index in [2.05, 4.69) is 16.0 Å². The molecular weight excluding hydrogens is 388 g/mol. The van der Waals surface area contributed by atoms with Gasteiger partial charge in [0.05, 0.1) is 28.4 Å². The minimum Gasteiger partial charge on any atom is -0.495 e. The van der Waals surface area contributed by atoms with E-state index in [1.165, 1.54) is 32.2 Å². The number of amides is 2. The molecule has 0 saturated heterocycles. The van der Waals surface area contributed by atoms with Gasteiger partial charge in [-0.2, -0.15) is 0 Å². The number of nitrogens with zero attached hydrogens (tertiary/aromatic N) is 1. The van der Waals surface area contributed by atoms with Crippen LogP contribution in [0.1, 0.15) is 13.8 Å². The predicted octanol–water partition coefficient (Wildman–Crippen LogP) is 3.65. The van der Waals surface area contributed by atoms with E-state index in [9.17, 15) is 19.7 Å². The van der Waals surface area contributed by atoms with E-state index in [1.54, 1.807) is 25.1 Å². The number of methoxy groups -OCH3 is 1. The highest BCUT2D eigenvalue weighted by molar-refractivity contribution is 6.34. The van der Waals surface area contributed by atoms with Gasteiger partial charge in [-0.05, 0) is 31.2 Å². The minimum absolute atomic E-state index is 0.169. The summed E-state index contributed by atoms with van der Waals surface area (Å²) in [7, 11) is 1.40. The summed E-state index contributed by atoms with van der Waals surface area (Å²) in [4.78, 5) is 34.0. The Balaban J connectivity index is 2.11. The zero-order valence-electron chi connectivity index (χ0n) is 15.4. The lowest BCUT2D eigenvalue weighted by atomic mass is 10.2. The van der Waals surface area contributed by atoms with Crippen LogP contribution in [0.5, 0.6) is 5.75 Å². The molecule has 0 heterocycles. The minimum atomic E-state index is -0.688. The molecule has 0 saturated carbocycles. The second kappa shape index (κ2) is 9.05. The maximum absolute atomic E-state index is 12.5. The zero-order chi connectivity index (χ0) is 20.8. The van der Waals surface area contributed by atoms with E-state index in [0.29, 0.717) is 22.1 Å². The summed E-state index contributed by atoms with van der Waals surface area (Å²) in [6.45, 7) is 2.99. The Morgan fingerprint density at radius 1 is 1.14 bits per heavy atom. The van der Waals surface area contributed by atoms with Crippen LogP contribution in [0, 0.1) is 10.1 Å². The molecule has 148 valence electrons. The first-order valence-corrected chi connectivity index (χ1v) is 8.56. The summed E-state index contributed by atoms with van der Waals surface area (Å²) in [6.07, 6.45) is 0. The molecule has 2 rings (SSSR count). The second-order valence-electron chi connectivity index (χ2n) is 5.87. The average molecular weight is 407 g/mol. The van der Waals surface area contributed by atoms with Gasteiger partial charge in [0, 0.05) is 24.7 Å². The molecule has 3 N–H and O–H groups in total. The van der Waals surface area contributed by atoms with Crippen molar-refractivity contribution in [1.29, 1.82) is 0 Å². The highest BCUT2D eigenvalue weighted by atomic mass is 35.5. The van der Waals surface area contributed by atoms with Crippen molar-refractivity contribution in [2.75, 3.05) is 23.1 Å². The topological polar surface area (TPSA) is 123 Å². The van der Waals surface area contributed by atoms with Gasteiger partial charge in [0.15, 0.2) is 0 Å². The van der Waals surface area contributed by atoms with Gasteiger partial charge in [0.2, 0.25) is 11.8 Å². The molecule has 28 heavy (non-hydrogen) atoms. The SMILES string of the molecule is COc1ccc([N+](=O)[O-])cc1NC(=O)C(C)Nc1ccc(NC(C)=O)c(Cl)c1. The van der Waals surface area contributed by atoms with Crippen LogP contribution >= 0.6 is 11.6 Å². The molecule has 1 atom stereocenters. The van der Waals surface area contributed by atoms with Gasteiger partial charge in [-0.1, -0.05) is 11.6 Å². The first-order valence-electron chi connectivity index (χ1n) is 8.18. The molecule has 2 amide bonds. The Hall–Kier alpha value is -3.33. The molecule has 0 aromatic heterocycles. The number of halogens is 1. The number of nitro benzene ring substituents is 1. The Bertz CT molecular complexity index is 919. The molecule has 0 fully saturated rings. The van der Waals surface area contributed by atoms with E-state index >= 15 is 0 Å². The Morgan fingerprint density at radius 3 is 2.43 bits per heavy atom. The molecule has 0 spiro atoms. The first-order chi connectivity index (χ1) is 13.2. The third kappa shape index (κ3) is 5.34. The summed E-state index contributed by atoms with van der Waals surface area (Å²) < 4.78 is 5.13. The van der Waals surface area contributed by atoms with Gasteiger partial charge in [0.1, 0.15) is 11.8 Å². The number of nitro groups is 1. The van der Waals surface area contributed by atoms with E-state index in [1.807, 2.05) is 0 Å². The van der Waals surface area contributed by atoms with Crippen molar-refractivity contribution in [3.05, 3.63) is 51.5 Å². The van der Waals surface area contributed by atoms with E-state index < -0.39 is 16.9 Å². The van der Waals surface area contributed by atoms with Crippen LogP contribution in [-0.4, -0.2) is 29.9 Å². The zero-order valence-corrected chi connectivity index (χ0v) is 16.2. The summed E-state index contributed by atoms with van der Waals surface area (Å²) >= 11 is 6.12. The van der Waals surface area contributed by atoms with Gasteiger partial charge < -0.3 is 20.7 Å². The quantitative estimate of drug-likeness (QED) is 0.476. The third-order valence-corrected chi connectivity index (χ3v) is 4.02. The number of anilines is 3. The maximum atomic E-state index is 12.5. The van der Waals surface area contributed by atoms with Crippen LogP contribution in [0.25, 0.3) is 0 Å². The van der Waals surface area contributed by atoms with E-state index in [0.717, 1.165) is 0 Å². The van der Waals surface area contributed by atoms with Crippen molar-refractivity contribution in [2.24, 2.45) is 0 Å². The normalized spacial score (nSPS) is 11.3. The van der Waals surface area contributed by atoms with Crippen molar-refractivity contribution in [2.45, 2.75) is 19.9 Å². The Morgan fingerprint density at radius 2 is 1.86 bits per heavy atom. The molecule has 0 aliphatic heterocycles. The van der Waals surface area contributed by atoms with Crippen molar-refractivity contribution < 1.29 is 19.2 Å². The van der Waals surface area contributed by atoms with Gasteiger partial charge in [-0.25, -0.2) is 0 Å². The van der Waals surface area contributed by atoms with Gasteiger partial charge in [0.25, 0.3) is 5.69 Å². The fourth-order valence-corrected chi connectivity index (χ4v) is 2.59.